The standard InChI is InChI=1S/C20H25N3O3/c1-3-22-9-8-21-18(22)12-23-13-20(2,7-6-19(23)24)11-15-4-5-16-17(10-15)26-14-25-16/h4-5,8-10H,3,6-7,11-14H2,1-2H3/t20-/m1/s1. The summed E-state index contributed by atoms with van der Waals surface area (Å²) in [6.45, 7) is 6.85. The molecule has 26 heavy (non-hydrogen) atoms. The first-order chi connectivity index (χ1) is 12.6. The van der Waals surface area contributed by atoms with Gasteiger partial charge in [0, 0.05) is 31.9 Å². The highest BCUT2D eigenvalue weighted by Gasteiger charge is 2.35. The Hall–Kier alpha value is -2.50. The smallest absolute Gasteiger partial charge is 0.231 e. The number of carbonyl (C=O) groups is 1. The van der Waals surface area contributed by atoms with Gasteiger partial charge in [-0.25, -0.2) is 4.98 Å². The number of aromatic nitrogens is 2. The molecule has 3 heterocycles. The number of carbonyl (C=O) groups excluding carboxylic acids is 1. The van der Waals surface area contributed by atoms with Crippen molar-refractivity contribution in [1.29, 1.82) is 0 Å². The number of aryl methyl sites for hydroxylation is 1. The summed E-state index contributed by atoms with van der Waals surface area (Å²) >= 11 is 0. The number of ether oxygens (including phenoxy) is 2. The Morgan fingerprint density at radius 3 is 2.96 bits per heavy atom. The summed E-state index contributed by atoms with van der Waals surface area (Å²) in [5.74, 6) is 2.80. The number of amides is 1. The molecular weight excluding hydrogens is 330 g/mol. The third-order valence-corrected chi connectivity index (χ3v) is 5.41. The summed E-state index contributed by atoms with van der Waals surface area (Å²) in [6, 6.07) is 6.15. The van der Waals surface area contributed by atoms with Crippen molar-refractivity contribution >= 4 is 5.91 Å². The van der Waals surface area contributed by atoms with Crippen molar-refractivity contribution in [2.24, 2.45) is 5.41 Å². The molecule has 4 rings (SSSR count). The number of fused-ring (bicyclic) bond motifs is 1. The first-order valence-corrected chi connectivity index (χ1v) is 9.23. The normalized spacial score (nSPS) is 22.1. The van der Waals surface area contributed by atoms with Crippen LogP contribution in [0.1, 0.15) is 38.1 Å². The number of hydrogen-bond donors (Lipinski definition) is 0. The van der Waals surface area contributed by atoms with Gasteiger partial charge in [-0.05, 0) is 42.9 Å². The number of hydrogen-bond acceptors (Lipinski definition) is 4. The van der Waals surface area contributed by atoms with Gasteiger partial charge in [-0.1, -0.05) is 13.0 Å². The minimum absolute atomic E-state index is 0.0469. The Kier molecular flexibility index (Phi) is 4.34. The van der Waals surface area contributed by atoms with Crippen molar-refractivity contribution in [2.45, 2.75) is 46.2 Å². The third kappa shape index (κ3) is 3.28. The van der Waals surface area contributed by atoms with E-state index < -0.39 is 0 Å². The second kappa shape index (κ2) is 6.67. The number of likely N-dealkylation sites (tertiary alicyclic amines) is 1. The number of piperidine rings is 1. The molecule has 1 saturated heterocycles. The molecule has 6 heteroatoms. The monoisotopic (exact) mass is 355 g/mol. The van der Waals surface area contributed by atoms with Gasteiger partial charge in [0.25, 0.3) is 0 Å². The van der Waals surface area contributed by atoms with Crippen LogP contribution in [0, 0.1) is 5.41 Å². The van der Waals surface area contributed by atoms with E-state index in [9.17, 15) is 4.79 Å². The Morgan fingerprint density at radius 1 is 1.27 bits per heavy atom. The molecule has 0 spiro atoms. The van der Waals surface area contributed by atoms with E-state index in [0.29, 0.717) is 19.8 Å². The van der Waals surface area contributed by atoms with Crippen LogP contribution in [0.25, 0.3) is 0 Å². The van der Waals surface area contributed by atoms with Gasteiger partial charge in [-0.15, -0.1) is 0 Å². The molecule has 1 aromatic carbocycles. The zero-order valence-corrected chi connectivity index (χ0v) is 15.4. The highest BCUT2D eigenvalue weighted by atomic mass is 16.7. The average Bonchev–Trinajstić information content (AvgIpc) is 3.26. The van der Waals surface area contributed by atoms with E-state index in [4.69, 9.17) is 9.47 Å². The summed E-state index contributed by atoms with van der Waals surface area (Å²) < 4.78 is 13.0. The van der Waals surface area contributed by atoms with Gasteiger partial charge < -0.3 is 18.9 Å². The van der Waals surface area contributed by atoms with E-state index in [1.54, 1.807) is 6.20 Å². The van der Waals surface area contributed by atoms with Gasteiger partial charge in [0.15, 0.2) is 11.5 Å². The van der Waals surface area contributed by atoms with E-state index in [1.165, 1.54) is 5.56 Å². The predicted molar refractivity (Wildman–Crippen MR) is 96.9 cm³/mol. The van der Waals surface area contributed by atoms with Crippen molar-refractivity contribution in [3.63, 3.8) is 0 Å². The lowest BCUT2D eigenvalue weighted by Crippen LogP contribution is -2.46. The van der Waals surface area contributed by atoms with Crippen molar-refractivity contribution in [2.75, 3.05) is 13.3 Å². The molecule has 0 aliphatic carbocycles. The molecule has 0 N–H and O–H groups in total. The second-order valence-electron chi connectivity index (χ2n) is 7.55. The zero-order valence-electron chi connectivity index (χ0n) is 15.4. The molecule has 2 aliphatic rings. The molecule has 1 aromatic heterocycles. The molecule has 0 saturated carbocycles. The number of rotatable bonds is 5. The van der Waals surface area contributed by atoms with Crippen LogP contribution >= 0.6 is 0 Å². The molecule has 1 atom stereocenters. The predicted octanol–water partition coefficient (Wildman–Crippen LogP) is 3.00. The number of nitrogens with zero attached hydrogens (tertiary/aromatic N) is 3. The van der Waals surface area contributed by atoms with Crippen LogP contribution in [0.2, 0.25) is 0 Å². The summed E-state index contributed by atoms with van der Waals surface area (Å²) in [5.41, 5.74) is 1.27. The minimum Gasteiger partial charge on any atom is -0.454 e. The summed E-state index contributed by atoms with van der Waals surface area (Å²) in [7, 11) is 0. The summed E-state index contributed by atoms with van der Waals surface area (Å²) in [5, 5.41) is 0. The molecular formula is C20H25N3O3. The maximum atomic E-state index is 12.5. The second-order valence-corrected chi connectivity index (χ2v) is 7.55. The lowest BCUT2D eigenvalue weighted by molar-refractivity contribution is -0.138. The minimum atomic E-state index is 0.0469. The number of imidazole rings is 1. The van der Waals surface area contributed by atoms with Gasteiger partial charge in [-0.2, -0.15) is 0 Å². The van der Waals surface area contributed by atoms with E-state index in [1.807, 2.05) is 17.2 Å². The molecule has 138 valence electrons. The Bertz CT molecular complexity index is 816. The quantitative estimate of drug-likeness (QED) is 0.827. The first-order valence-electron chi connectivity index (χ1n) is 9.23. The lowest BCUT2D eigenvalue weighted by Gasteiger charge is -2.40. The SMILES string of the molecule is CCn1ccnc1CN1C[C@@](C)(Cc2ccc3c(c2)OCO3)CCC1=O. The van der Waals surface area contributed by atoms with Crippen molar-refractivity contribution in [3.05, 3.63) is 42.0 Å². The van der Waals surface area contributed by atoms with Gasteiger partial charge in [0.2, 0.25) is 12.7 Å². The third-order valence-electron chi connectivity index (χ3n) is 5.41. The summed E-state index contributed by atoms with van der Waals surface area (Å²) in [4.78, 5) is 18.9. The number of benzene rings is 1. The topological polar surface area (TPSA) is 56.6 Å². The molecule has 1 amide bonds. The molecule has 0 unspecified atom stereocenters. The van der Waals surface area contributed by atoms with Crippen LogP contribution in [-0.2, 0) is 24.3 Å². The molecule has 2 aromatic rings. The fourth-order valence-electron chi connectivity index (χ4n) is 3.98. The van der Waals surface area contributed by atoms with E-state index in [0.717, 1.165) is 43.3 Å². The summed E-state index contributed by atoms with van der Waals surface area (Å²) in [6.07, 6.45) is 6.18. The molecule has 0 radical (unpaired) electrons. The lowest BCUT2D eigenvalue weighted by atomic mass is 9.76. The molecule has 0 bridgehead atoms. The Morgan fingerprint density at radius 2 is 2.12 bits per heavy atom. The Balaban J connectivity index is 1.48. The van der Waals surface area contributed by atoms with Crippen LogP contribution in [0.3, 0.4) is 0 Å². The first kappa shape index (κ1) is 16.9. The van der Waals surface area contributed by atoms with Crippen LogP contribution in [0.4, 0.5) is 0 Å². The average molecular weight is 355 g/mol. The van der Waals surface area contributed by atoms with Crippen LogP contribution in [-0.4, -0.2) is 33.7 Å². The van der Waals surface area contributed by atoms with E-state index in [-0.39, 0.29) is 11.3 Å². The molecule has 6 nitrogen and oxygen atoms in total. The molecule has 1 fully saturated rings. The van der Waals surface area contributed by atoms with Crippen molar-refractivity contribution in [3.8, 4) is 11.5 Å². The zero-order chi connectivity index (χ0) is 18.1. The van der Waals surface area contributed by atoms with Gasteiger partial charge >= 0.3 is 0 Å². The van der Waals surface area contributed by atoms with Gasteiger partial charge in [-0.3, -0.25) is 4.79 Å². The van der Waals surface area contributed by atoms with Crippen LogP contribution < -0.4 is 9.47 Å². The van der Waals surface area contributed by atoms with Crippen molar-refractivity contribution in [1.82, 2.24) is 14.5 Å². The highest BCUT2D eigenvalue weighted by Crippen LogP contribution is 2.38. The van der Waals surface area contributed by atoms with Gasteiger partial charge in [0.1, 0.15) is 5.82 Å². The maximum absolute atomic E-state index is 12.5. The van der Waals surface area contributed by atoms with E-state index in [2.05, 4.69) is 35.5 Å². The van der Waals surface area contributed by atoms with Crippen LogP contribution in [0.15, 0.2) is 30.6 Å². The maximum Gasteiger partial charge on any atom is 0.231 e. The largest absolute Gasteiger partial charge is 0.454 e. The fraction of sp³-hybridized carbons (Fsp3) is 0.500. The van der Waals surface area contributed by atoms with Crippen LogP contribution in [0.5, 0.6) is 11.5 Å². The Labute approximate surface area is 153 Å². The fourth-order valence-corrected chi connectivity index (χ4v) is 3.98. The molecule has 2 aliphatic heterocycles. The van der Waals surface area contributed by atoms with Crippen molar-refractivity contribution < 1.29 is 14.3 Å². The van der Waals surface area contributed by atoms with E-state index >= 15 is 0 Å². The van der Waals surface area contributed by atoms with Gasteiger partial charge in [0.05, 0.1) is 6.54 Å². The highest BCUT2D eigenvalue weighted by molar-refractivity contribution is 5.77.